The average molecular weight is 231 g/mol. The Kier molecular flexibility index (Phi) is 5.03. The van der Waals surface area contributed by atoms with Crippen LogP contribution in [0.2, 0.25) is 19.6 Å². The van der Waals surface area contributed by atoms with Crippen molar-refractivity contribution in [1.29, 1.82) is 0 Å². The molecule has 0 fully saturated rings. The minimum atomic E-state index is -2.85. The number of hydrogen-bond acceptors (Lipinski definition) is 3. The highest BCUT2D eigenvalue weighted by Crippen LogP contribution is 2.46. The minimum Gasteiger partial charge on any atom is -0.351 e. The second-order valence-corrected chi connectivity index (χ2v) is 10.6. The fourth-order valence-corrected chi connectivity index (χ4v) is 5.52. The molecule has 0 radical (unpaired) electrons. The molecular formula is C6H16ClO3PSi. The third kappa shape index (κ3) is 7.31. The zero-order valence-corrected chi connectivity index (χ0v) is 10.6. The zero-order chi connectivity index (χ0) is 9.83. The van der Waals surface area contributed by atoms with Crippen molar-refractivity contribution >= 4 is 27.5 Å². The van der Waals surface area contributed by atoms with Gasteiger partial charge >= 0.3 is 7.60 Å². The van der Waals surface area contributed by atoms with Crippen LogP contribution in [0.15, 0.2) is 0 Å². The van der Waals surface area contributed by atoms with Crippen molar-refractivity contribution in [2.45, 2.75) is 19.6 Å². The Balaban J connectivity index is 3.96. The molecule has 0 aliphatic heterocycles. The largest absolute Gasteiger partial charge is 0.351 e. The summed E-state index contributed by atoms with van der Waals surface area (Å²) >= 11 is 5.39. The summed E-state index contributed by atoms with van der Waals surface area (Å²) in [6.45, 7) is 7.66. The van der Waals surface area contributed by atoms with Crippen LogP contribution in [-0.2, 0) is 13.3 Å². The van der Waals surface area contributed by atoms with Crippen LogP contribution in [0.25, 0.3) is 0 Å². The van der Waals surface area contributed by atoms with Crippen LogP contribution in [0.4, 0.5) is 0 Å². The van der Waals surface area contributed by atoms with Gasteiger partial charge in [0.2, 0.25) is 0 Å². The maximum absolute atomic E-state index is 11.5. The molecule has 0 aliphatic rings. The van der Waals surface area contributed by atoms with E-state index in [1.165, 1.54) is 6.66 Å². The lowest BCUT2D eigenvalue weighted by Gasteiger charge is -2.22. The van der Waals surface area contributed by atoms with Gasteiger partial charge in [0.05, 0.1) is 6.61 Å². The van der Waals surface area contributed by atoms with Crippen molar-refractivity contribution in [2.75, 3.05) is 19.2 Å². The summed E-state index contributed by atoms with van der Waals surface area (Å²) < 4.78 is 21.9. The molecule has 0 rings (SSSR count). The smallest absolute Gasteiger partial charge is 0.318 e. The molecule has 0 aromatic carbocycles. The van der Waals surface area contributed by atoms with Crippen LogP contribution in [-0.4, -0.2) is 27.5 Å². The molecule has 0 N–H and O–H groups in total. The molecule has 1 atom stereocenters. The number of alkyl halides is 1. The monoisotopic (exact) mass is 230 g/mol. The fraction of sp³-hybridized carbons (Fsp3) is 1.00. The molecule has 0 amide bonds. The number of hydrogen-bond donors (Lipinski definition) is 0. The van der Waals surface area contributed by atoms with Crippen LogP contribution in [0.3, 0.4) is 0 Å². The van der Waals surface area contributed by atoms with E-state index in [2.05, 4.69) is 0 Å². The third-order valence-corrected chi connectivity index (χ3v) is 5.17. The first kappa shape index (κ1) is 12.7. The van der Waals surface area contributed by atoms with Crippen molar-refractivity contribution in [3.05, 3.63) is 0 Å². The van der Waals surface area contributed by atoms with Gasteiger partial charge in [-0.2, -0.15) is 0 Å². The maximum Gasteiger partial charge on any atom is 0.318 e. The second kappa shape index (κ2) is 4.77. The molecule has 0 saturated carbocycles. The quantitative estimate of drug-likeness (QED) is 0.414. The van der Waals surface area contributed by atoms with Gasteiger partial charge in [-0.3, -0.25) is 4.57 Å². The standard InChI is InChI=1S/C6H16ClO3PSi/c1-11(8,9-6-5-7)10-12(2,3)4/h5-6H2,1-4H3. The van der Waals surface area contributed by atoms with E-state index in [-0.39, 0.29) is 6.61 Å². The molecule has 74 valence electrons. The van der Waals surface area contributed by atoms with Gasteiger partial charge in [0, 0.05) is 12.5 Å². The minimum absolute atomic E-state index is 0.278. The van der Waals surface area contributed by atoms with Crippen molar-refractivity contribution in [3.8, 4) is 0 Å². The average Bonchev–Trinajstić information content (AvgIpc) is 1.78. The molecule has 0 aliphatic carbocycles. The lowest BCUT2D eigenvalue weighted by molar-refractivity contribution is 0.285. The van der Waals surface area contributed by atoms with E-state index in [1.54, 1.807) is 0 Å². The predicted octanol–water partition coefficient (Wildman–Crippen LogP) is 2.92. The molecular weight excluding hydrogens is 215 g/mol. The Morgan fingerprint density at radius 1 is 1.42 bits per heavy atom. The first-order valence-corrected chi connectivity index (χ1v) is 9.69. The highest BCUT2D eigenvalue weighted by atomic mass is 35.5. The summed E-state index contributed by atoms with van der Waals surface area (Å²) in [6.07, 6.45) is 0. The van der Waals surface area contributed by atoms with Crippen LogP contribution >= 0.6 is 19.2 Å². The van der Waals surface area contributed by atoms with E-state index in [9.17, 15) is 4.57 Å². The maximum atomic E-state index is 11.5. The van der Waals surface area contributed by atoms with E-state index in [0.29, 0.717) is 5.88 Å². The summed E-state index contributed by atoms with van der Waals surface area (Å²) in [7, 11) is -4.63. The Morgan fingerprint density at radius 3 is 2.25 bits per heavy atom. The van der Waals surface area contributed by atoms with Crippen LogP contribution in [0.5, 0.6) is 0 Å². The van der Waals surface area contributed by atoms with Crippen molar-refractivity contribution < 1.29 is 13.3 Å². The van der Waals surface area contributed by atoms with Gasteiger partial charge in [0.25, 0.3) is 0 Å². The lowest BCUT2D eigenvalue weighted by Crippen LogP contribution is -2.24. The first-order chi connectivity index (χ1) is 5.27. The van der Waals surface area contributed by atoms with E-state index < -0.39 is 15.9 Å². The summed E-state index contributed by atoms with van der Waals surface area (Å²) in [4.78, 5) is 0. The van der Waals surface area contributed by atoms with Crippen LogP contribution < -0.4 is 0 Å². The predicted molar refractivity (Wildman–Crippen MR) is 54.6 cm³/mol. The molecule has 1 unspecified atom stereocenters. The summed E-state index contributed by atoms with van der Waals surface area (Å²) in [5.41, 5.74) is 0. The van der Waals surface area contributed by atoms with Gasteiger partial charge < -0.3 is 8.74 Å². The van der Waals surface area contributed by atoms with Gasteiger partial charge in [-0.25, -0.2) is 0 Å². The van der Waals surface area contributed by atoms with Gasteiger partial charge in [0.15, 0.2) is 8.32 Å². The van der Waals surface area contributed by atoms with Gasteiger partial charge in [-0.05, 0) is 19.6 Å². The van der Waals surface area contributed by atoms with Crippen molar-refractivity contribution in [3.63, 3.8) is 0 Å². The molecule has 0 bridgehead atoms. The van der Waals surface area contributed by atoms with Crippen molar-refractivity contribution in [2.24, 2.45) is 0 Å². The van der Waals surface area contributed by atoms with Gasteiger partial charge in [-0.1, -0.05) is 0 Å². The highest BCUT2D eigenvalue weighted by molar-refractivity contribution is 7.54. The first-order valence-electron chi connectivity index (χ1n) is 3.75. The Bertz CT molecular complexity index is 180. The topological polar surface area (TPSA) is 35.5 Å². The summed E-state index contributed by atoms with van der Waals surface area (Å²) in [5, 5.41) is 0. The molecule has 12 heavy (non-hydrogen) atoms. The molecule has 0 spiro atoms. The zero-order valence-electron chi connectivity index (χ0n) is 7.96. The lowest BCUT2D eigenvalue weighted by atomic mass is 10.9. The Morgan fingerprint density at radius 2 is 1.92 bits per heavy atom. The van der Waals surface area contributed by atoms with Gasteiger partial charge in [0.1, 0.15) is 0 Å². The van der Waals surface area contributed by atoms with E-state index in [4.69, 9.17) is 20.3 Å². The number of halogens is 1. The summed E-state index contributed by atoms with van der Waals surface area (Å²) in [5.74, 6) is 0.340. The Labute approximate surface area is 80.1 Å². The van der Waals surface area contributed by atoms with E-state index in [1.807, 2.05) is 19.6 Å². The Hall–Kier alpha value is 0.657. The normalized spacial score (nSPS) is 17.4. The number of rotatable bonds is 5. The molecule has 0 saturated heterocycles. The molecule has 0 heterocycles. The van der Waals surface area contributed by atoms with Gasteiger partial charge in [-0.15, -0.1) is 11.6 Å². The molecule has 3 nitrogen and oxygen atoms in total. The van der Waals surface area contributed by atoms with Crippen LogP contribution in [0.1, 0.15) is 0 Å². The third-order valence-electron chi connectivity index (χ3n) is 0.843. The molecule has 0 aromatic rings. The van der Waals surface area contributed by atoms with Crippen LogP contribution in [0, 0.1) is 0 Å². The van der Waals surface area contributed by atoms with E-state index in [0.717, 1.165) is 0 Å². The second-order valence-electron chi connectivity index (χ2n) is 3.50. The fourth-order valence-electron chi connectivity index (χ4n) is 0.724. The summed E-state index contributed by atoms with van der Waals surface area (Å²) in [6, 6.07) is 0. The SMILES string of the molecule is C[Si](C)(C)OP(C)(=O)OCCCl. The highest BCUT2D eigenvalue weighted by Gasteiger charge is 2.26. The molecule has 6 heteroatoms. The molecule has 0 aromatic heterocycles. The van der Waals surface area contributed by atoms with Crippen molar-refractivity contribution in [1.82, 2.24) is 0 Å². The van der Waals surface area contributed by atoms with E-state index >= 15 is 0 Å².